The zero-order chi connectivity index (χ0) is 18.0. The first-order chi connectivity index (χ1) is 12.0. The minimum Gasteiger partial charge on any atom is -0.363 e. The molecule has 1 saturated heterocycles. The molecule has 2 aromatic rings. The number of anilines is 1. The molecule has 0 bridgehead atoms. The van der Waals surface area contributed by atoms with E-state index in [1.807, 2.05) is 54.2 Å². The summed E-state index contributed by atoms with van der Waals surface area (Å²) in [6.07, 6.45) is 0.912. The maximum absolute atomic E-state index is 13.1. The van der Waals surface area contributed by atoms with Crippen LogP contribution < -0.4 is 10.2 Å². The van der Waals surface area contributed by atoms with Crippen LogP contribution in [0.15, 0.2) is 30.3 Å². The van der Waals surface area contributed by atoms with Gasteiger partial charge in [-0.05, 0) is 24.5 Å². The number of pyridine rings is 1. The first-order valence-electron chi connectivity index (χ1n) is 8.56. The van der Waals surface area contributed by atoms with Crippen LogP contribution >= 0.6 is 0 Å². The molecule has 0 spiro atoms. The van der Waals surface area contributed by atoms with Gasteiger partial charge in [-0.2, -0.15) is 0 Å². The van der Waals surface area contributed by atoms with Crippen LogP contribution in [0.1, 0.15) is 23.7 Å². The van der Waals surface area contributed by atoms with Gasteiger partial charge >= 0.3 is 0 Å². The summed E-state index contributed by atoms with van der Waals surface area (Å²) in [6.45, 7) is 3.53. The molecule has 6 heteroatoms. The minimum atomic E-state index is -0.0273. The van der Waals surface area contributed by atoms with E-state index in [0.717, 1.165) is 29.7 Å². The highest BCUT2D eigenvalue weighted by atomic mass is 16.2. The zero-order valence-corrected chi connectivity index (χ0v) is 15.0. The van der Waals surface area contributed by atoms with Gasteiger partial charge in [-0.3, -0.25) is 9.59 Å². The van der Waals surface area contributed by atoms with Crippen molar-refractivity contribution >= 4 is 28.5 Å². The van der Waals surface area contributed by atoms with E-state index < -0.39 is 0 Å². The summed E-state index contributed by atoms with van der Waals surface area (Å²) in [6, 6.07) is 9.61. The number of rotatable bonds is 4. The third-order valence-electron chi connectivity index (χ3n) is 4.60. The van der Waals surface area contributed by atoms with Crippen molar-refractivity contribution in [3.63, 3.8) is 0 Å². The van der Waals surface area contributed by atoms with Crippen LogP contribution in [0.3, 0.4) is 0 Å². The first-order valence-corrected chi connectivity index (χ1v) is 8.56. The van der Waals surface area contributed by atoms with Gasteiger partial charge in [-0.15, -0.1) is 0 Å². The van der Waals surface area contributed by atoms with Crippen LogP contribution in [-0.4, -0.2) is 55.4 Å². The number of carbonyl (C=O) groups excluding carboxylic acids is 2. The Morgan fingerprint density at radius 3 is 2.80 bits per heavy atom. The molecule has 2 heterocycles. The summed E-state index contributed by atoms with van der Waals surface area (Å²) in [4.78, 5) is 32.6. The quantitative estimate of drug-likeness (QED) is 0.923. The number of fused-ring (bicyclic) bond motifs is 1. The molecule has 0 radical (unpaired) electrons. The second-order valence-corrected chi connectivity index (χ2v) is 6.78. The molecule has 0 unspecified atom stereocenters. The van der Waals surface area contributed by atoms with Gasteiger partial charge < -0.3 is 15.1 Å². The Labute approximate surface area is 147 Å². The number of likely N-dealkylation sites (tertiary alicyclic amines) is 1. The average molecular weight is 340 g/mol. The van der Waals surface area contributed by atoms with Crippen molar-refractivity contribution in [1.29, 1.82) is 0 Å². The van der Waals surface area contributed by atoms with Gasteiger partial charge in [0, 0.05) is 46.0 Å². The number of benzene rings is 1. The third kappa shape index (κ3) is 3.73. The predicted octanol–water partition coefficient (Wildman–Crippen LogP) is 1.90. The molecule has 132 valence electrons. The molecule has 1 aromatic carbocycles. The van der Waals surface area contributed by atoms with Crippen molar-refractivity contribution < 1.29 is 9.59 Å². The van der Waals surface area contributed by atoms with Gasteiger partial charge in [0.05, 0.1) is 11.1 Å². The van der Waals surface area contributed by atoms with Gasteiger partial charge in [0.15, 0.2) is 0 Å². The minimum absolute atomic E-state index is 0.0273. The second kappa shape index (κ2) is 7.09. The topological polar surface area (TPSA) is 65.5 Å². The van der Waals surface area contributed by atoms with Crippen LogP contribution in [-0.2, 0) is 4.79 Å². The van der Waals surface area contributed by atoms with Gasteiger partial charge in [0.2, 0.25) is 5.91 Å². The van der Waals surface area contributed by atoms with Crippen LogP contribution in [0.2, 0.25) is 0 Å². The zero-order valence-electron chi connectivity index (χ0n) is 15.0. The van der Waals surface area contributed by atoms with E-state index in [2.05, 4.69) is 10.3 Å². The summed E-state index contributed by atoms with van der Waals surface area (Å²) in [5.74, 6) is 1.10. The van der Waals surface area contributed by atoms with Crippen molar-refractivity contribution in [2.45, 2.75) is 13.3 Å². The number of nitrogens with zero attached hydrogens (tertiary/aromatic N) is 3. The van der Waals surface area contributed by atoms with Gasteiger partial charge in [0.1, 0.15) is 5.82 Å². The highest BCUT2D eigenvalue weighted by molar-refractivity contribution is 6.07. The lowest BCUT2D eigenvalue weighted by molar-refractivity contribution is -0.119. The number of amides is 2. The van der Waals surface area contributed by atoms with E-state index in [9.17, 15) is 9.59 Å². The summed E-state index contributed by atoms with van der Waals surface area (Å²) in [5.41, 5.74) is 1.51. The van der Waals surface area contributed by atoms with Crippen LogP contribution in [0, 0.1) is 5.92 Å². The second-order valence-electron chi connectivity index (χ2n) is 6.78. The largest absolute Gasteiger partial charge is 0.363 e. The molecule has 1 fully saturated rings. The fraction of sp³-hybridized carbons (Fsp3) is 0.421. The molecule has 1 atom stereocenters. The highest BCUT2D eigenvalue weighted by Gasteiger charge is 2.28. The van der Waals surface area contributed by atoms with Crippen molar-refractivity contribution in [3.8, 4) is 0 Å². The number of hydrogen-bond acceptors (Lipinski definition) is 4. The summed E-state index contributed by atoms with van der Waals surface area (Å²) >= 11 is 0. The van der Waals surface area contributed by atoms with E-state index in [-0.39, 0.29) is 11.8 Å². The number of hydrogen-bond donors (Lipinski definition) is 1. The monoisotopic (exact) mass is 340 g/mol. The van der Waals surface area contributed by atoms with E-state index in [1.165, 1.54) is 6.92 Å². The highest BCUT2D eigenvalue weighted by Crippen LogP contribution is 2.25. The molecule has 0 aliphatic carbocycles. The molecular weight excluding hydrogens is 316 g/mol. The number of carbonyl (C=O) groups is 2. The Balaban J connectivity index is 1.86. The summed E-state index contributed by atoms with van der Waals surface area (Å²) in [7, 11) is 3.84. The predicted molar refractivity (Wildman–Crippen MR) is 98.8 cm³/mol. The molecule has 1 aromatic heterocycles. The molecule has 1 aliphatic heterocycles. The van der Waals surface area contributed by atoms with Crippen LogP contribution in [0.25, 0.3) is 10.9 Å². The normalized spacial score (nSPS) is 16.9. The van der Waals surface area contributed by atoms with E-state index in [0.29, 0.717) is 24.6 Å². The summed E-state index contributed by atoms with van der Waals surface area (Å²) < 4.78 is 0. The molecule has 6 nitrogen and oxygen atoms in total. The Bertz CT molecular complexity index is 803. The Kier molecular flexibility index (Phi) is 4.88. The van der Waals surface area contributed by atoms with Gasteiger partial charge in [-0.25, -0.2) is 4.98 Å². The first kappa shape index (κ1) is 17.2. The van der Waals surface area contributed by atoms with E-state index in [4.69, 9.17) is 0 Å². The number of aromatic nitrogens is 1. The van der Waals surface area contributed by atoms with Crippen LogP contribution in [0.4, 0.5) is 5.82 Å². The van der Waals surface area contributed by atoms with E-state index >= 15 is 0 Å². The van der Waals surface area contributed by atoms with Crippen molar-refractivity contribution in [2.75, 3.05) is 38.6 Å². The molecule has 3 rings (SSSR count). The average Bonchev–Trinajstić information content (AvgIpc) is 3.07. The molecule has 1 aliphatic rings. The number of nitrogens with one attached hydrogen (secondary N) is 1. The van der Waals surface area contributed by atoms with Gasteiger partial charge in [-0.1, -0.05) is 18.2 Å². The molecule has 0 saturated carbocycles. The lowest BCUT2D eigenvalue weighted by Crippen LogP contribution is -2.32. The Morgan fingerprint density at radius 2 is 2.08 bits per heavy atom. The van der Waals surface area contributed by atoms with Crippen molar-refractivity contribution in [1.82, 2.24) is 15.2 Å². The molecule has 25 heavy (non-hydrogen) atoms. The van der Waals surface area contributed by atoms with Crippen LogP contribution in [0.5, 0.6) is 0 Å². The third-order valence-corrected chi connectivity index (χ3v) is 4.60. The van der Waals surface area contributed by atoms with Gasteiger partial charge in [0.25, 0.3) is 5.91 Å². The Hall–Kier alpha value is -2.63. The SMILES string of the molecule is CC(=O)NC[C@H]1CCN(C(=O)c2cc(N(C)C)nc3ccccc23)C1. The summed E-state index contributed by atoms with van der Waals surface area (Å²) in [5, 5.41) is 3.72. The standard InChI is InChI=1S/C19H24N4O2/c1-13(24)20-11-14-8-9-23(12-14)19(25)16-10-18(22(2)3)21-17-7-5-4-6-15(16)17/h4-7,10,14H,8-9,11-12H2,1-3H3,(H,20,24)/t14-/m1/s1. The molecular formula is C19H24N4O2. The molecule has 1 N–H and O–H groups in total. The fourth-order valence-electron chi connectivity index (χ4n) is 3.21. The lowest BCUT2D eigenvalue weighted by atomic mass is 10.1. The maximum atomic E-state index is 13.1. The smallest absolute Gasteiger partial charge is 0.254 e. The fourth-order valence-corrected chi connectivity index (χ4v) is 3.21. The maximum Gasteiger partial charge on any atom is 0.254 e. The number of para-hydroxylation sites is 1. The Morgan fingerprint density at radius 1 is 1.32 bits per heavy atom. The van der Waals surface area contributed by atoms with E-state index in [1.54, 1.807) is 0 Å². The van der Waals surface area contributed by atoms with Crippen molar-refractivity contribution in [3.05, 3.63) is 35.9 Å². The lowest BCUT2D eigenvalue weighted by Gasteiger charge is -2.20. The van der Waals surface area contributed by atoms with Crippen molar-refractivity contribution in [2.24, 2.45) is 5.92 Å². The molecule has 2 amide bonds.